The monoisotopic (exact) mass is 227 g/mol. The van der Waals surface area contributed by atoms with Crippen LogP contribution in [0.25, 0.3) is 10.4 Å². The highest BCUT2D eigenvalue weighted by molar-refractivity contribution is 7.13. The molecule has 0 nitrogen and oxygen atoms in total. The van der Waals surface area contributed by atoms with Crippen molar-refractivity contribution in [3.63, 3.8) is 0 Å². The van der Waals surface area contributed by atoms with Crippen LogP contribution in [-0.2, 0) is 6.18 Å². The van der Waals surface area contributed by atoms with Crippen molar-refractivity contribution in [3.8, 4) is 10.4 Å². The highest BCUT2D eigenvalue weighted by atomic mass is 32.1. The van der Waals surface area contributed by atoms with Crippen molar-refractivity contribution in [1.82, 2.24) is 0 Å². The minimum Gasteiger partial charge on any atom is -0.166 e. The summed E-state index contributed by atoms with van der Waals surface area (Å²) in [6.45, 7) is 0. The van der Waals surface area contributed by atoms with Gasteiger partial charge in [0.1, 0.15) is 0 Å². The first kappa shape index (κ1) is 10.2. The normalized spacial score (nSPS) is 11.7. The average molecular weight is 227 g/mol. The third-order valence-corrected chi connectivity index (χ3v) is 2.80. The fourth-order valence-electron chi connectivity index (χ4n) is 1.33. The van der Waals surface area contributed by atoms with Gasteiger partial charge in [-0.1, -0.05) is 18.2 Å². The lowest BCUT2D eigenvalue weighted by Crippen LogP contribution is -2.06. The van der Waals surface area contributed by atoms with Crippen LogP contribution in [0.1, 0.15) is 5.56 Å². The highest BCUT2D eigenvalue weighted by Gasteiger charge is 2.33. The smallest absolute Gasteiger partial charge is 0.166 e. The van der Waals surface area contributed by atoms with Crippen LogP contribution >= 0.6 is 11.3 Å². The molecule has 1 heterocycles. The summed E-state index contributed by atoms with van der Waals surface area (Å²) in [6.07, 6.45) is -4.30. The van der Waals surface area contributed by atoms with Crippen LogP contribution in [0, 0.1) is 5.38 Å². The molecule has 0 aliphatic carbocycles. The second-order valence-electron chi connectivity index (χ2n) is 2.96. The Bertz CT molecular complexity index is 443. The molecule has 0 aliphatic heterocycles. The molecule has 0 N–H and O–H groups in total. The Hall–Kier alpha value is -1.29. The van der Waals surface area contributed by atoms with Crippen molar-refractivity contribution >= 4 is 11.3 Å². The van der Waals surface area contributed by atoms with E-state index in [4.69, 9.17) is 0 Å². The zero-order chi connectivity index (χ0) is 10.9. The summed E-state index contributed by atoms with van der Waals surface area (Å²) in [7, 11) is 0. The Balaban J connectivity index is 2.58. The van der Waals surface area contributed by atoms with Gasteiger partial charge in [-0.2, -0.15) is 13.2 Å². The molecule has 2 rings (SSSR count). The standard InChI is InChI=1S/C11H6F3S/c12-11(13,14)9-5-2-1-4-8(9)10-6-3-7-15-10/h1-6H. The number of halogens is 3. The quantitative estimate of drug-likeness (QED) is 0.683. The van der Waals surface area contributed by atoms with Gasteiger partial charge in [-0.25, -0.2) is 0 Å². The molecular weight excluding hydrogens is 221 g/mol. The predicted molar refractivity (Wildman–Crippen MR) is 53.6 cm³/mol. The molecule has 0 saturated heterocycles. The molecule has 2 aromatic rings. The Morgan fingerprint density at radius 1 is 1.07 bits per heavy atom. The summed E-state index contributed by atoms with van der Waals surface area (Å²) in [5.74, 6) is 0. The molecule has 0 aliphatic rings. The second kappa shape index (κ2) is 3.70. The average Bonchev–Trinajstić information content (AvgIpc) is 2.69. The van der Waals surface area contributed by atoms with Gasteiger partial charge in [-0.3, -0.25) is 0 Å². The van der Waals surface area contributed by atoms with E-state index in [0.717, 1.165) is 6.07 Å². The lowest BCUT2D eigenvalue weighted by Gasteiger charge is -2.10. The number of hydrogen-bond acceptors (Lipinski definition) is 1. The first-order valence-electron chi connectivity index (χ1n) is 4.21. The minimum atomic E-state index is -4.30. The maximum absolute atomic E-state index is 12.6. The van der Waals surface area contributed by atoms with Crippen LogP contribution in [0.2, 0.25) is 0 Å². The van der Waals surface area contributed by atoms with Gasteiger partial charge in [0.25, 0.3) is 0 Å². The Labute approximate surface area is 89.0 Å². The molecule has 0 atom stereocenters. The van der Waals surface area contributed by atoms with Crippen LogP contribution in [0.4, 0.5) is 13.2 Å². The molecule has 0 unspecified atom stereocenters. The SMILES string of the molecule is FC(F)(F)c1ccccc1-c1cc[c]s1. The van der Waals surface area contributed by atoms with Crippen molar-refractivity contribution in [2.75, 3.05) is 0 Å². The van der Waals surface area contributed by atoms with Crippen LogP contribution in [-0.4, -0.2) is 0 Å². The summed E-state index contributed by atoms with van der Waals surface area (Å²) in [5.41, 5.74) is -0.378. The minimum absolute atomic E-state index is 0.219. The molecule has 0 spiro atoms. The Morgan fingerprint density at radius 3 is 2.40 bits per heavy atom. The molecule has 0 saturated carbocycles. The first-order valence-corrected chi connectivity index (χ1v) is 5.03. The second-order valence-corrected chi connectivity index (χ2v) is 3.84. The summed E-state index contributed by atoms with van der Waals surface area (Å²) < 4.78 is 37.9. The third kappa shape index (κ3) is 2.04. The van der Waals surface area contributed by atoms with E-state index in [2.05, 4.69) is 5.38 Å². The van der Waals surface area contributed by atoms with Crippen molar-refractivity contribution in [1.29, 1.82) is 0 Å². The largest absolute Gasteiger partial charge is 0.417 e. The van der Waals surface area contributed by atoms with Gasteiger partial charge in [0.2, 0.25) is 0 Å². The molecule has 1 aromatic heterocycles. The van der Waals surface area contributed by atoms with Crippen LogP contribution in [0.15, 0.2) is 36.4 Å². The van der Waals surface area contributed by atoms with Crippen molar-refractivity contribution in [2.45, 2.75) is 6.18 Å². The zero-order valence-electron chi connectivity index (χ0n) is 7.51. The van der Waals surface area contributed by atoms with Gasteiger partial charge in [-0.05, 0) is 18.2 Å². The van der Waals surface area contributed by atoms with Crippen molar-refractivity contribution in [2.24, 2.45) is 0 Å². The third-order valence-electron chi connectivity index (χ3n) is 1.97. The summed E-state index contributed by atoms with van der Waals surface area (Å²) in [4.78, 5) is 0.586. The molecule has 0 fully saturated rings. The Morgan fingerprint density at radius 2 is 1.80 bits per heavy atom. The number of benzene rings is 1. The van der Waals surface area contributed by atoms with Crippen molar-refractivity contribution in [3.05, 3.63) is 47.3 Å². The van der Waals surface area contributed by atoms with Gasteiger partial charge < -0.3 is 0 Å². The summed E-state index contributed by atoms with van der Waals surface area (Å²) in [5, 5.41) is 2.78. The topological polar surface area (TPSA) is 0 Å². The van der Waals surface area contributed by atoms with Gasteiger partial charge in [-0.15, -0.1) is 11.3 Å². The molecule has 0 amide bonds. The predicted octanol–water partition coefficient (Wildman–Crippen LogP) is 4.23. The van der Waals surface area contributed by atoms with E-state index in [1.807, 2.05) is 0 Å². The maximum atomic E-state index is 12.6. The molecule has 15 heavy (non-hydrogen) atoms. The Kier molecular flexibility index (Phi) is 2.52. The molecule has 4 heteroatoms. The fourth-order valence-corrected chi connectivity index (χ4v) is 2.02. The van der Waals surface area contributed by atoms with Crippen molar-refractivity contribution < 1.29 is 13.2 Å². The zero-order valence-corrected chi connectivity index (χ0v) is 8.32. The number of alkyl halides is 3. The van der Waals surface area contributed by atoms with E-state index >= 15 is 0 Å². The lowest BCUT2D eigenvalue weighted by molar-refractivity contribution is -0.137. The first-order chi connectivity index (χ1) is 7.09. The van der Waals surface area contributed by atoms with E-state index in [-0.39, 0.29) is 5.56 Å². The maximum Gasteiger partial charge on any atom is 0.417 e. The van der Waals surface area contributed by atoms with Crippen LogP contribution < -0.4 is 0 Å². The number of thiophene rings is 1. The van der Waals surface area contributed by atoms with Crippen LogP contribution in [0.5, 0.6) is 0 Å². The van der Waals surface area contributed by atoms with Gasteiger partial charge >= 0.3 is 6.18 Å². The van der Waals surface area contributed by atoms with Gasteiger partial charge in [0.05, 0.1) is 5.56 Å². The summed E-state index contributed by atoms with van der Waals surface area (Å²) in [6, 6.07) is 8.81. The van der Waals surface area contributed by atoms with E-state index < -0.39 is 11.7 Å². The number of hydrogen-bond donors (Lipinski definition) is 0. The van der Waals surface area contributed by atoms with Crippen LogP contribution in [0.3, 0.4) is 0 Å². The lowest BCUT2D eigenvalue weighted by atomic mass is 10.1. The van der Waals surface area contributed by atoms with Gasteiger partial charge in [0.15, 0.2) is 0 Å². The highest BCUT2D eigenvalue weighted by Crippen LogP contribution is 2.38. The fraction of sp³-hybridized carbons (Fsp3) is 0.0909. The molecular formula is C11H6F3S. The molecule has 0 bridgehead atoms. The van der Waals surface area contributed by atoms with E-state index in [9.17, 15) is 13.2 Å². The van der Waals surface area contributed by atoms with Gasteiger partial charge in [0, 0.05) is 15.8 Å². The molecule has 1 aromatic carbocycles. The van der Waals surface area contributed by atoms with E-state index in [1.165, 1.54) is 23.5 Å². The molecule has 1 radical (unpaired) electrons. The summed E-state index contributed by atoms with van der Waals surface area (Å²) >= 11 is 1.18. The number of rotatable bonds is 1. The van der Waals surface area contributed by atoms with E-state index in [1.54, 1.807) is 18.2 Å². The molecule has 77 valence electrons. The van der Waals surface area contributed by atoms with E-state index in [0.29, 0.717) is 4.88 Å².